The number of amides is 3. The van der Waals surface area contributed by atoms with Gasteiger partial charge in [0.25, 0.3) is 0 Å². The van der Waals surface area contributed by atoms with Gasteiger partial charge < -0.3 is 9.42 Å². The second-order valence-electron chi connectivity index (χ2n) is 5.21. The largest absolute Gasteiger partial charge is 0.471 e. The Kier molecular flexibility index (Phi) is 3.74. The molecule has 2 heterocycles. The second kappa shape index (κ2) is 5.62. The summed E-state index contributed by atoms with van der Waals surface area (Å²) in [6.07, 6.45) is -4.69. The summed E-state index contributed by atoms with van der Waals surface area (Å²) in [6, 6.07) is 5.89. The predicted octanol–water partition coefficient (Wildman–Crippen LogP) is 2.15. The van der Waals surface area contributed by atoms with E-state index in [1.54, 1.807) is 12.1 Å². The number of aromatic nitrogens is 2. The van der Waals surface area contributed by atoms with E-state index in [-0.39, 0.29) is 24.8 Å². The Balaban J connectivity index is 1.73. The van der Waals surface area contributed by atoms with E-state index in [9.17, 15) is 22.8 Å². The normalized spacial score (nSPS) is 15.5. The number of alkyl halides is 3. The molecule has 0 atom stereocenters. The first-order valence-corrected chi connectivity index (χ1v) is 6.81. The molecule has 0 bridgehead atoms. The van der Waals surface area contributed by atoms with Crippen LogP contribution >= 0.6 is 0 Å². The Hall–Kier alpha value is -2.91. The molecule has 1 aromatic heterocycles. The summed E-state index contributed by atoms with van der Waals surface area (Å²) in [7, 11) is 1.41. The van der Waals surface area contributed by atoms with E-state index in [1.165, 1.54) is 24.1 Å². The molecule has 1 saturated heterocycles. The van der Waals surface area contributed by atoms with E-state index >= 15 is 0 Å². The van der Waals surface area contributed by atoms with Crippen molar-refractivity contribution in [2.24, 2.45) is 0 Å². The Labute approximate surface area is 133 Å². The maximum atomic E-state index is 12.4. The Morgan fingerprint density at radius 1 is 1.21 bits per heavy atom. The lowest BCUT2D eigenvalue weighted by Gasteiger charge is -2.14. The molecule has 1 fully saturated rings. The maximum absolute atomic E-state index is 12.4. The molecule has 3 rings (SSSR count). The van der Waals surface area contributed by atoms with Crippen LogP contribution in [0.25, 0.3) is 11.4 Å². The van der Waals surface area contributed by atoms with E-state index in [4.69, 9.17) is 0 Å². The quantitative estimate of drug-likeness (QED) is 0.800. The van der Waals surface area contributed by atoms with Gasteiger partial charge in [0, 0.05) is 19.2 Å². The third kappa shape index (κ3) is 2.94. The van der Waals surface area contributed by atoms with Crippen LogP contribution < -0.4 is 0 Å². The topological polar surface area (TPSA) is 79.5 Å². The van der Waals surface area contributed by atoms with Gasteiger partial charge in [-0.3, -0.25) is 9.69 Å². The smallest absolute Gasteiger partial charge is 0.329 e. The van der Waals surface area contributed by atoms with Crippen LogP contribution in [-0.4, -0.2) is 45.5 Å². The highest BCUT2D eigenvalue weighted by Crippen LogP contribution is 2.29. The molecule has 24 heavy (non-hydrogen) atoms. The van der Waals surface area contributed by atoms with Crippen molar-refractivity contribution in [3.63, 3.8) is 0 Å². The van der Waals surface area contributed by atoms with Crippen molar-refractivity contribution in [2.45, 2.75) is 12.7 Å². The van der Waals surface area contributed by atoms with Crippen LogP contribution in [0.15, 0.2) is 28.8 Å². The number of urea groups is 1. The minimum absolute atomic E-state index is 0.00311. The van der Waals surface area contributed by atoms with Crippen LogP contribution in [0.1, 0.15) is 11.5 Å². The average Bonchev–Trinajstić information content (AvgIpc) is 3.11. The standard InChI is InChI=1S/C14H11F3N4O3/c1-20-10(22)7-21(13(20)23)6-8-2-4-9(5-3-8)11-18-12(24-19-11)14(15,16)17/h2-5H,6-7H2,1H3. The lowest BCUT2D eigenvalue weighted by molar-refractivity contribution is -0.159. The van der Waals surface area contributed by atoms with Crippen LogP contribution in [0.5, 0.6) is 0 Å². The van der Waals surface area contributed by atoms with Gasteiger partial charge in [0.05, 0.1) is 0 Å². The molecule has 1 aliphatic rings. The molecule has 1 aliphatic heterocycles. The van der Waals surface area contributed by atoms with Gasteiger partial charge in [-0.2, -0.15) is 18.2 Å². The fourth-order valence-corrected chi connectivity index (χ4v) is 2.21. The maximum Gasteiger partial charge on any atom is 0.471 e. The summed E-state index contributed by atoms with van der Waals surface area (Å²) in [5, 5.41) is 3.30. The molecule has 126 valence electrons. The van der Waals surface area contributed by atoms with Gasteiger partial charge in [0.2, 0.25) is 11.7 Å². The zero-order valence-corrected chi connectivity index (χ0v) is 12.4. The van der Waals surface area contributed by atoms with Crippen molar-refractivity contribution in [1.82, 2.24) is 19.9 Å². The summed E-state index contributed by atoms with van der Waals surface area (Å²) in [4.78, 5) is 29.0. The fourth-order valence-electron chi connectivity index (χ4n) is 2.21. The van der Waals surface area contributed by atoms with E-state index in [0.717, 1.165) is 10.5 Å². The summed E-state index contributed by atoms with van der Waals surface area (Å²) in [5.41, 5.74) is 1.06. The first kappa shape index (κ1) is 16.0. The number of nitrogens with zero attached hydrogens (tertiary/aromatic N) is 4. The highest BCUT2D eigenvalue weighted by Gasteiger charge is 2.38. The molecule has 7 nitrogen and oxygen atoms in total. The molecule has 2 aromatic rings. The van der Waals surface area contributed by atoms with Crippen molar-refractivity contribution in [3.05, 3.63) is 35.7 Å². The minimum Gasteiger partial charge on any atom is -0.329 e. The molecular weight excluding hydrogens is 329 g/mol. The van der Waals surface area contributed by atoms with Crippen LogP contribution in [-0.2, 0) is 17.5 Å². The van der Waals surface area contributed by atoms with Crippen molar-refractivity contribution < 1.29 is 27.3 Å². The number of imide groups is 1. The highest BCUT2D eigenvalue weighted by molar-refractivity contribution is 6.01. The first-order valence-electron chi connectivity index (χ1n) is 6.81. The van der Waals surface area contributed by atoms with E-state index in [0.29, 0.717) is 5.56 Å². The molecule has 3 amide bonds. The third-order valence-electron chi connectivity index (χ3n) is 3.51. The lowest BCUT2D eigenvalue weighted by Crippen LogP contribution is -2.29. The van der Waals surface area contributed by atoms with Gasteiger partial charge in [-0.05, 0) is 5.56 Å². The number of carbonyl (C=O) groups is 2. The summed E-state index contributed by atoms with van der Waals surface area (Å²) < 4.78 is 41.5. The van der Waals surface area contributed by atoms with Crippen molar-refractivity contribution in [3.8, 4) is 11.4 Å². The zero-order valence-electron chi connectivity index (χ0n) is 12.4. The van der Waals surface area contributed by atoms with E-state index < -0.39 is 18.1 Å². The zero-order chi connectivity index (χ0) is 17.5. The van der Waals surface area contributed by atoms with E-state index in [1.807, 2.05) is 0 Å². The van der Waals surface area contributed by atoms with E-state index in [2.05, 4.69) is 14.7 Å². The SMILES string of the molecule is CN1C(=O)CN(Cc2ccc(-c3noc(C(F)(F)F)n3)cc2)C1=O. The summed E-state index contributed by atoms with van der Waals surface area (Å²) in [6.45, 7) is 0.214. The van der Waals surface area contributed by atoms with Gasteiger partial charge in [0.1, 0.15) is 6.54 Å². The van der Waals surface area contributed by atoms with Gasteiger partial charge in [-0.15, -0.1) is 0 Å². The van der Waals surface area contributed by atoms with Crippen molar-refractivity contribution >= 4 is 11.9 Å². The Morgan fingerprint density at radius 2 is 1.88 bits per heavy atom. The molecule has 10 heteroatoms. The monoisotopic (exact) mass is 340 g/mol. The number of rotatable bonds is 3. The molecule has 0 aliphatic carbocycles. The number of benzene rings is 1. The van der Waals surface area contributed by atoms with Crippen LogP contribution in [0.3, 0.4) is 0 Å². The van der Waals surface area contributed by atoms with Crippen molar-refractivity contribution in [1.29, 1.82) is 0 Å². The molecule has 0 saturated carbocycles. The second-order valence-corrected chi connectivity index (χ2v) is 5.21. The number of likely N-dealkylation sites (N-methyl/N-ethyl adjacent to an activating group) is 1. The van der Waals surface area contributed by atoms with Crippen molar-refractivity contribution in [2.75, 3.05) is 13.6 Å². The number of halogens is 3. The van der Waals surface area contributed by atoms with Crippen LogP contribution in [0, 0.1) is 0 Å². The average molecular weight is 340 g/mol. The third-order valence-corrected chi connectivity index (χ3v) is 3.51. The minimum atomic E-state index is -4.69. The van der Waals surface area contributed by atoms with Crippen LogP contribution in [0.2, 0.25) is 0 Å². The molecular formula is C14H11F3N4O3. The predicted molar refractivity (Wildman–Crippen MR) is 73.3 cm³/mol. The van der Waals surface area contributed by atoms with Gasteiger partial charge in [0.15, 0.2) is 0 Å². The van der Waals surface area contributed by atoms with Gasteiger partial charge in [-0.1, -0.05) is 29.4 Å². The molecule has 1 aromatic carbocycles. The summed E-state index contributed by atoms with van der Waals surface area (Å²) in [5.74, 6) is -1.88. The number of hydrogen-bond donors (Lipinski definition) is 0. The Bertz CT molecular complexity index is 785. The highest BCUT2D eigenvalue weighted by atomic mass is 19.4. The molecule has 0 spiro atoms. The van der Waals surface area contributed by atoms with Gasteiger partial charge in [-0.25, -0.2) is 4.79 Å². The Morgan fingerprint density at radius 3 is 2.38 bits per heavy atom. The molecule has 0 unspecified atom stereocenters. The number of hydrogen-bond acceptors (Lipinski definition) is 5. The summed E-state index contributed by atoms with van der Waals surface area (Å²) >= 11 is 0. The molecule has 0 radical (unpaired) electrons. The first-order chi connectivity index (χ1) is 11.3. The fraction of sp³-hybridized carbons (Fsp3) is 0.286. The number of carbonyl (C=O) groups excluding carboxylic acids is 2. The lowest BCUT2D eigenvalue weighted by atomic mass is 10.1. The van der Waals surface area contributed by atoms with Gasteiger partial charge >= 0.3 is 18.1 Å². The molecule has 0 N–H and O–H groups in total. The van der Waals surface area contributed by atoms with Crippen LogP contribution in [0.4, 0.5) is 18.0 Å².